The smallest absolute Gasteiger partial charge is 0.318 e. The number of tetrazole rings is 1. The number of urea groups is 1. The monoisotopic (exact) mass is 328 g/mol. The van der Waals surface area contributed by atoms with Crippen LogP contribution in [0.1, 0.15) is 24.2 Å². The Morgan fingerprint density at radius 3 is 3.21 bits per heavy atom. The van der Waals surface area contributed by atoms with E-state index in [0.29, 0.717) is 25.0 Å². The lowest BCUT2D eigenvalue weighted by Crippen LogP contribution is -2.44. The number of anilines is 1. The number of aryl methyl sites for hydroxylation is 1. The Hall–Kier alpha value is -2.71. The van der Waals surface area contributed by atoms with E-state index in [2.05, 4.69) is 30.6 Å². The van der Waals surface area contributed by atoms with Gasteiger partial charge in [-0.05, 0) is 24.1 Å². The second-order valence-corrected chi connectivity index (χ2v) is 6.21. The first kappa shape index (κ1) is 14.9. The molecule has 2 aromatic rings. The number of hydrogen-bond donors (Lipinski definition) is 1. The zero-order chi connectivity index (χ0) is 16.5. The molecule has 0 radical (unpaired) electrons. The molecule has 0 saturated carbocycles. The molecule has 0 spiro atoms. The number of amides is 2. The van der Waals surface area contributed by atoms with Crippen molar-refractivity contribution in [2.45, 2.75) is 32.0 Å². The minimum Gasteiger partial charge on any atom is -0.352 e. The van der Waals surface area contributed by atoms with Crippen molar-refractivity contribution in [1.82, 2.24) is 35.4 Å². The van der Waals surface area contributed by atoms with Gasteiger partial charge >= 0.3 is 6.03 Å². The van der Waals surface area contributed by atoms with Crippen LogP contribution < -0.4 is 10.2 Å². The molecule has 126 valence electrons. The Morgan fingerprint density at radius 1 is 1.46 bits per heavy atom. The van der Waals surface area contributed by atoms with Crippen LogP contribution in [0.2, 0.25) is 0 Å². The molecule has 4 rings (SSSR count). The van der Waals surface area contributed by atoms with E-state index in [-0.39, 0.29) is 12.6 Å². The zero-order valence-electron chi connectivity index (χ0n) is 13.6. The first-order valence-corrected chi connectivity index (χ1v) is 8.17. The topological polar surface area (TPSA) is 92.1 Å². The fourth-order valence-corrected chi connectivity index (χ4v) is 3.46. The predicted molar refractivity (Wildman–Crippen MR) is 86.0 cm³/mol. The average Bonchev–Trinajstić information content (AvgIpc) is 3.18. The molecule has 1 fully saturated rings. The van der Waals surface area contributed by atoms with E-state index < -0.39 is 0 Å². The van der Waals surface area contributed by atoms with E-state index >= 15 is 0 Å². The molecule has 1 N–H and O–H groups in total. The minimum atomic E-state index is -0.106. The summed E-state index contributed by atoms with van der Waals surface area (Å²) >= 11 is 0. The Labute approximate surface area is 139 Å². The van der Waals surface area contributed by atoms with Gasteiger partial charge in [0.25, 0.3) is 0 Å². The third-order valence-electron chi connectivity index (χ3n) is 4.54. The first-order chi connectivity index (χ1) is 11.7. The molecule has 1 saturated heterocycles. The molecule has 0 aliphatic carbocycles. The maximum atomic E-state index is 12.6. The number of aromatic nitrogens is 5. The third-order valence-corrected chi connectivity index (χ3v) is 4.54. The summed E-state index contributed by atoms with van der Waals surface area (Å²) in [6.45, 7) is 2.55. The SMILES string of the molecule is Cn1nnc(CNC(=O)N2Cc3cccnc3N3CCC[C@@H]3C2)n1. The van der Waals surface area contributed by atoms with Crippen LogP contribution in [0.3, 0.4) is 0 Å². The van der Waals surface area contributed by atoms with Crippen molar-refractivity contribution >= 4 is 11.8 Å². The number of nitrogens with zero attached hydrogens (tertiary/aromatic N) is 7. The number of carbonyl (C=O) groups is 1. The molecule has 2 aromatic heterocycles. The number of carbonyl (C=O) groups excluding carboxylic acids is 1. The zero-order valence-corrected chi connectivity index (χ0v) is 13.6. The standard InChI is InChI=1S/C15H20N8O/c1-21-19-13(18-20-21)8-17-15(24)22-9-11-4-2-6-16-14(11)23-7-3-5-12(23)10-22/h2,4,6,12H,3,5,7-10H2,1H3,(H,17,24)/t12-/m1/s1. The molecule has 0 bridgehead atoms. The van der Waals surface area contributed by atoms with E-state index in [0.717, 1.165) is 30.8 Å². The maximum absolute atomic E-state index is 12.6. The Bertz CT molecular complexity index is 745. The molecular weight excluding hydrogens is 308 g/mol. The van der Waals surface area contributed by atoms with Crippen molar-refractivity contribution in [3.8, 4) is 0 Å². The van der Waals surface area contributed by atoms with Crippen LogP contribution in [0.5, 0.6) is 0 Å². The summed E-state index contributed by atoms with van der Waals surface area (Å²) in [5.74, 6) is 1.52. The Balaban J connectivity index is 1.50. The van der Waals surface area contributed by atoms with Gasteiger partial charge in [0, 0.05) is 30.9 Å². The summed E-state index contributed by atoms with van der Waals surface area (Å²) in [6.07, 6.45) is 4.05. The fourth-order valence-electron chi connectivity index (χ4n) is 3.46. The molecule has 9 heteroatoms. The summed E-state index contributed by atoms with van der Waals surface area (Å²) in [7, 11) is 1.70. The van der Waals surface area contributed by atoms with Crippen LogP contribution >= 0.6 is 0 Å². The number of fused-ring (bicyclic) bond motifs is 3. The van der Waals surface area contributed by atoms with Gasteiger partial charge in [0.1, 0.15) is 5.82 Å². The van der Waals surface area contributed by atoms with Crippen molar-refractivity contribution in [2.24, 2.45) is 7.05 Å². The van der Waals surface area contributed by atoms with Crippen molar-refractivity contribution in [2.75, 3.05) is 18.0 Å². The second-order valence-electron chi connectivity index (χ2n) is 6.21. The van der Waals surface area contributed by atoms with Gasteiger partial charge in [0.2, 0.25) is 0 Å². The van der Waals surface area contributed by atoms with Crippen molar-refractivity contribution in [3.63, 3.8) is 0 Å². The molecule has 2 amide bonds. The Morgan fingerprint density at radius 2 is 2.38 bits per heavy atom. The number of rotatable bonds is 2. The summed E-state index contributed by atoms with van der Waals surface area (Å²) in [6, 6.07) is 4.20. The number of hydrogen-bond acceptors (Lipinski definition) is 6. The maximum Gasteiger partial charge on any atom is 0.318 e. The van der Waals surface area contributed by atoms with Crippen LogP contribution in [0.25, 0.3) is 0 Å². The molecule has 24 heavy (non-hydrogen) atoms. The van der Waals surface area contributed by atoms with Gasteiger partial charge in [-0.25, -0.2) is 9.78 Å². The molecule has 1 atom stereocenters. The second kappa shape index (κ2) is 6.06. The minimum absolute atomic E-state index is 0.106. The van der Waals surface area contributed by atoms with Crippen LogP contribution in [-0.2, 0) is 20.1 Å². The highest BCUT2D eigenvalue weighted by Crippen LogP contribution is 2.31. The van der Waals surface area contributed by atoms with Crippen LogP contribution in [0.4, 0.5) is 10.6 Å². The lowest BCUT2D eigenvalue weighted by molar-refractivity contribution is 0.192. The summed E-state index contributed by atoms with van der Waals surface area (Å²) < 4.78 is 0. The normalized spacial score (nSPS) is 19.6. The molecule has 2 aliphatic rings. The van der Waals surface area contributed by atoms with Crippen molar-refractivity contribution in [3.05, 3.63) is 29.7 Å². The van der Waals surface area contributed by atoms with E-state index in [1.54, 1.807) is 7.05 Å². The van der Waals surface area contributed by atoms with Gasteiger partial charge in [-0.1, -0.05) is 6.07 Å². The molecule has 0 aromatic carbocycles. The molecule has 0 unspecified atom stereocenters. The number of pyridine rings is 1. The van der Waals surface area contributed by atoms with Gasteiger partial charge in [0.05, 0.1) is 20.1 Å². The number of nitrogens with one attached hydrogen (secondary N) is 1. The van der Waals surface area contributed by atoms with Gasteiger partial charge in [0.15, 0.2) is 5.82 Å². The largest absolute Gasteiger partial charge is 0.352 e. The average molecular weight is 328 g/mol. The highest BCUT2D eigenvalue weighted by Gasteiger charge is 2.33. The molecule has 9 nitrogen and oxygen atoms in total. The van der Waals surface area contributed by atoms with E-state index in [4.69, 9.17) is 0 Å². The van der Waals surface area contributed by atoms with Gasteiger partial charge in [-0.3, -0.25) is 0 Å². The quantitative estimate of drug-likeness (QED) is 0.852. The van der Waals surface area contributed by atoms with Crippen LogP contribution in [0.15, 0.2) is 18.3 Å². The predicted octanol–water partition coefficient (Wildman–Crippen LogP) is 0.299. The highest BCUT2D eigenvalue weighted by atomic mass is 16.2. The van der Waals surface area contributed by atoms with E-state index in [1.165, 1.54) is 4.80 Å². The van der Waals surface area contributed by atoms with Crippen LogP contribution in [-0.4, -0.2) is 55.3 Å². The Kier molecular flexibility index (Phi) is 3.75. The third kappa shape index (κ3) is 2.77. The molecule has 2 aliphatic heterocycles. The highest BCUT2D eigenvalue weighted by molar-refractivity contribution is 5.75. The van der Waals surface area contributed by atoms with Gasteiger partial charge in [-0.2, -0.15) is 4.80 Å². The lowest BCUT2D eigenvalue weighted by atomic mass is 10.2. The lowest BCUT2D eigenvalue weighted by Gasteiger charge is -2.26. The van der Waals surface area contributed by atoms with E-state index in [1.807, 2.05) is 23.2 Å². The van der Waals surface area contributed by atoms with Gasteiger partial charge < -0.3 is 15.1 Å². The van der Waals surface area contributed by atoms with Crippen LogP contribution in [0, 0.1) is 0 Å². The summed E-state index contributed by atoms with van der Waals surface area (Å²) in [5, 5.41) is 14.6. The van der Waals surface area contributed by atoms with Crippen molar-refractivity contribution in [1.29, 1.82) is 0 Å². The first-order valence-electron chi connectivity index (χ1n) is 8.17. The summed E-state index contributed by atoms with van der Waals surface area (Å²) in [4.78, 5) is 22.7. The summed E-state index contributed by atoms with van der Waals surface area (Å²) in [5.41, 5.74) is 1.09. The fraction of sp³-hybridized carbons (Fsp3) is 0.533. The molecule has 4 heterocycles. The van der Waals surface area contributed by atoms with E-state index in [9.17, 15) is 4.79 Å². The van der Waals surface area contributed by atoms with Gasteiger partial charge in [-0.15, -0.1) is 10.2 Å². The molecular formula is C15H20N8O. The van der Waals surface area contributed by atoms with Crippen molar-refractivity contribution < 1.29 is 4.79 Å².